The van der Waals surface area contributed by atoms with Gasteiger partial charge in [-0.2, -0.15) is 5.10 Å². The smallest absolute Gasteiger partial charge is 0.343 e. The zero-order chi connectivity index (χ0) is 23.1. The van der Waals surface area contributed by atoms with Crippen LogP contribution >= 0.6 is 0 Å². The Balaban J connectivity index is 1.63. The van der Waals surface area contributed by atoms with Gasteiger partial charge in [-0.1, -0.05) is 18.2 Å². The molecule has 11 heteroatoms. The molecular weight excluding hydrogens is 420 g/mol. The van der Waals surface area contributed by atoms with Crippen LogP contribution in [0.2, 0.25) is 0 Å². The summed E-state index contributed by atoms with van der Waals surface area (Å²) in [5.74, 6) is -1.14. The van der Waals surface area contributed by atoms with Crippen molar-refractivity contribution < 1.29 is 24.2 Å². The molecule has 0 spiro atoms. The number of hydrogen-bond donors (Lipinski definition) is 1. The molecule has 0 atom stereocenters. The van der Waals surface area contributed by atoms with E-state index in [-0.39, 0.29) is 28.3 Å². The lowest BCUT2D eigenvalue weighted by Gasteiger charge is -2.05. The minimum atomic E-state index is -0.701. The van der Waals surface area contributed by atoms with Crippen molar-refractivity contribution in [2.75, 3.05) is 0 Å². The van der Waals surface area contributed by atoms with Gasteiger partial charge in [-0.15, -0.1) is 0 Å². The average molecular weight is 434 g/mol. The fourth-order valence-corrected chi connectivity index (χ4v) is 2.53. The van der Waals surface area contributed by atoms with Crippen LogP contribution in [0.4, 0.5) is 11.4 Å². The third-order valence-electron chi connectivity index (χ3n) is 4.08. The normalized spacial score (nSPS) is 10.5. The van der Waals surface area contributed by atoms with E-state index >= 15 is 0 Å². The topological polar surface area (TPSA) is 154 Å². The van der Waals surface area contributed by atoms with Gasteiger partial charge in [-0.25, -0.2) is 10.2 Å². The number of ether oxygens (including phenoxy) is 1. The van der Waals surface area contributed by atoms with Gasteiger partial charge in [0, 0.05) is 29.8 Å². The van der Waals surface area contributed by atoms with Crippen molar-refractivity contribution in [1.82, 2.24) is 5.43 Å². The summed E-state index contributed by atoms with van der Waals surface area (Å²) in [5, 5.41) is 25.3. The summed E-state index contributed by atoms with van der Waals surface area (Å²) in [4.78, 5) is 44.6. The Morgan fingerprint density at radius 2 is 1.53 bits per heavy atom. The highest BCUT2D eigenvalue weighted by Crippen LogP contribution is 2.17. The number of rotatable bonds is 7. The Kier molecular flexibility index (Phi) is 6.61. The largest absolute Gasteiger partial charge is 0.423 e. The number of carbonyl (C=O) groups excluding carboxylic acids is 2. The molecule has 1 amide bonds. The van der Waals surface area contributed by atoms with Gasteiger partial charge >= 0.3 is 5.97 Å². The summed E-state index contributed by atoms with van der Waals surface area (Å²) in [6, 6.07) is 16.4. The first-order chi connectivity index (χ1) is 15.3. The summed E-state index contributed by atoms with van der Waals surface area (Å²) in [6.45, 7) is 0. The van der Waals surface area contributed by atoms with Gasteiger partial charge in [0.15, 0.2) is 0 Å². The predicted octanol–water partition coefficient (Wildman–Crippen LogP) is 3.49. The zero-order valence-corrected chi connectivity index (χ0v) is 16.2. The van der Waals surface area contributed by atoms with E-state index < -0.39 is 21.7 Å². The van der Waals surface area contributed by atoms with Crippen LogP contribution in [0.25, 0.3) is 0 Å². The maximum absolute atomic E-state index is 12.2. The Bertz CT molecular complexity index is 1220. The van der Waals surface area contributed by atoms with Crippen LogP contribution in [-0.2, 0) is 0 Å². The molecule has 0 radical (unpaired) electrons. The van der Waals surface area contributed by atoms with Crippen LogP contribution in [0, 0.1) is 20.2 Å². The molecule has 0 heterocycles. The van der Waals surface area contributed by atoms with E-state index in [1.165, 1.54) is 60.8 Å². The molecule has 160 valence electrons. The van der Waals surface area contributed by atoms with Crippen LogP contribution in [0.5, 0.6) is 5.75 Å². The van der Waals surface area contributed by atoms with Crippen LogP contribution in [-0.4, -0.2) is 27.9 Å². The minimum Gasteiger partial charge on any atom is -0.423 e. The fraction of sp³-hybridized carbons (Fsp3) is 0. The third-order valence-corrected chi connectivity index (χ3v) is 4.08. The number of nitrogens with zero attached hydrogens (tertiary/aromatic N) is 3. The average Bonchev–Trinajstić information content (AvgIpc) is 2.79. The molecule has 0 aliphatic heterocycles. The van der Waals surface area contributed by atoms with Crippen molar-refractivity contribution in [3.8, 4) is 5.75 Å². The minimum absolute atomic E-state index is 0.0714. The van der Waals surface area contributed by atoms with Gasteiger partial charge in [-0.05, 0) is 35.9 Å². The first kappa shape index (κ1) is 21.8. The van der Waals surface area contributed by atoms with Crippen molar-refractivity contribution in [3.05, 3.63) is 110 Å². The molecule has 1 N–H and O–H groups in total. The van der Waals surface area contributed by atoms with Crippen molar-refractivity contribution >= 4 is 29.5 Å². The lowest BCUT2D eigenvalue weighted by Crippen LogP contribution is -2.17. The summed E-state index contributed by atoms with van der Waals surface area (Å²) in [7, 11) is 0. The van der Waals surface area contributed by atoms with Gasteiger partial charge in [0.25, 0.3) is 17.3 Å². The molecular formula is C21H14N4O7. The van der Waals surface area contributed by atoms with Crippen LogP contribution in [0.15, 0.2) is 77.9 Å². The second kappa shape index (κ2) is 9.71. The molecule has 0 saturated heterocycles. The lowest BCUT2D eigenvalue weighted by molar-refractivity contribution is -0.385. The van der Waals surface area contributed by atoms with E-state index in [1.54, 1.807) is 12.1 Å². The van der Waals surface area contributed by atoms with Crippen molar-refractivity contribution in [1.29, 1.82) is 0 Å². The molecule has 0 saturated carbocycles. The van der Waals surface area contributed by atoms with E-state index in [4.69, 9.17) is 4.74 Å². The highest BCUT2D eigenvalue weighted by Gasteiger charge is 2.12. The number of amides is 1. The van der Waals surface area contributed by atoms with Crippen molar-refractivity contribution in [3.63, 3.8) is 0 Å². The van der Waals surface area contributed by atoms with Crippen LogP contribution < -0.4 is 10.2 Å². The first-order valence-corrected chi connectivity index (χ1v) is 8.98. The molecule has 0 aromatic heterocycles. The van der Waals surface area contributed by atoms with Crippen molar-refractivity contribution in [2.24, 2.45) is 5.10 Å². The number of hydrazone groups is 1. The van der Waals surface area contributed by atoms with E-state index in [9.17, 15) is 29.8 Å². The summed E-state index contributed by atoms with van der Waals surface area (Å²) in [5.41, 5.74) is 2.60. The van der Waals surface area contributed by atoms with E-state index in [1.807, 2.05) is 0 Å². The molecule has 32 heavy (non-hydrogen) atoms. The van der Waals surface area contributed by atoms with Crippen LogP contribution in [0.3, 0.4) is 0 Å². The Morgan fingerprint density at radius 1 is 0.844 bits per heavy atom. The predicted molar refractivity (Wildman–Crippen MR) is 113 cm³/mol. The number of nitrogens with one attached hydrogen (secondary N) is 1. The number of esters is 1. The second-order valence-electron chi connectivity index (χ2n) is 6.27. The Morgan fingerprint density at radius 3 is 2.22 bits per heavy atom. The van der Waals surface area contributed by atoms with Gasteiger partial charge < -0.3 is 4.74 Å². The highest BCUT2D eigenvalue weighted by atomic mass is 16.6. The molecule has 3 rings (SSSR count). The van der Waals surface area contributed by atoms with E-state index in [0.717, 1.165) is 6.07 Å². The maximum atomic E-state index is 12.2. The number of non-ortho nitro benzene ring substituents is 2. The lowest BCUT2D eigenvalue weighted by atomic mass is 10.2. The van der Waals surface area contributed by atoms with Gasteiger partial charge in [0.1, 0.15) is 5.75 Å². The molecule has 0 fully saturated rings. The molecule has 3 aromatic carbocycles. The van der Waals surface area contributed by atoms with E-state index in [0.29, 0.717) is 5.56 Å². The summed E-state index contributed by atoms with van der Waals surface area (Å²) < 4.78 is 5.25. The standard InChI is InChI=1S/C21H14N4O7/c26-20(16-4-2-5-18(12-16)25(30)31)23-22-13-14-3-1-6-19(11-14)32-21(27)15-7-9-17(10-8-15)24(28)29/h1-13H,(H,23,26). The van der Waals surface area contributed by atoms with Crippen LogP contribution in [0.1, 0.15) is 26.3 Å². The molecule has 0 unspecified atom stereocenters. The summed E-state index contributed by atoms with van der Waals surface area (Å²) in [6.07, 6.45) is 1.30. The van der Waals surface area contributed by atoms with Gasteiger partial charge in [-0.3, -0.25) is 25.0 Å². The highest BCUT2D eigenvalue weighted by molar-refractivity contribution is 5.95. The molecule has 0 bridgehead atoms. The second-order valence-corrected chi connectivity index (χ2v) is 6.27. The third kappa shape index (κ3) is 5.57. The van der Waals surface area contributed by atoms with Crippen molar-refractivity contribution in [2.45, 2.75) is 0 Å². The quantitative estimate of drug-likeness (QED) is 0.196. The zero-order valence-electron chi connectivity index (χ0n) is 16.2. The molecule has 0 aliphatic rings. The molecule has 3 aromatic rings. The number of nitro groups is 2. The van der Waals surface area contributed by atoms with Gasteiger partial charge in [0.2, 0.25) is 0 Å². The number of benzene rings is 3. The SMILES string of the molecule is O=C(NN=Cc1cccc(OC(=O)c2ccc([N+](=O)[O-])cc2)c1)c1cccc([N+](=O)[O-])c1. The first-order valence-electron chi connectivity index (χ1n) is 8.98. The monoisotopic (exact) mass is 434 g/mol. The van der Waals surface area contributed by atoms with E-state index in [2.05, 4.69) is 10.5 Å². The summed E-state index contributed by atoms with van der Waals surface area (Å²) >= 11 is 0. The molecule has 0 aliphatic carbocycles. The molecule has 11 nitrogen and oxygen atoms in total. The number of carbonyl (C=O) groups is 2. The maximum Gasteiger partial charge on any atom is 0.343 e. The Hall–Kier alpha value is -4.93. The number of nitro benzene ring substituents is 2. The number of hydrogen-bond acceptors (Lipinski definition) is 8. The van der Waals surface area contributed by atoms with Gasteiger partial charge in [0.05, 0.1) is 21.6 Å². The Labute approximate surface area is 180 Å². The fourth-order valence-electron chi connectivity index (χ4n) is 2.53.